The normalized spacial score (nSPS) is 17.3. The van der Waals surface area contributed by atoms with Crippen LogP contribution >= 0.6 is 0 Å². The van der Waals surface area contributed by atoms with Crippen LogP contribution in [0, 0.1) is 6.92 Å². The Balaban J connectivity index is 1.63. The Hall–Kier alpha value is -2.57. The number of aryl methyl sites for hydroxylation is 2. The molecule has 2 aromatic rings. The molecule has 1 aromatic carbocycles. The van der Waals surface area contributed by atoms with Crippen molar-refractivity contribution in [1.82, 2.24) is 25.3 Å². The van der Waals surface area contributed by atoms with Crippen LogP contribution in [0.5, 0.6) is 0 Å². The number of amides is 3. The number of nitrogens with zero attached hydrogens (tertiary/aromatic N) is 3. The minimum Gasteiger partial charge on any atom is -0.352 e. The van der Waals surface area contributed by atoms with Gasteiger partial charge in [0.05, 0.1) is 17.8 Å². The van der Waals surface area contributed by atoms with Crippen molar-refractivity contribution in [2.24, 2.45) is 7.05 Å². The Labute approximate surface area is 141 Å². The van der Waals surface area contributed by atoms with Crippen LogP contribution in [-0.4, -0.2) is 45.8 Å². The van der Waals surface area contributed by atoms with E-state index in [2.05, 4.69) is 27.9 Å². The monoisotopic (exact) mass is 329 g/mol. The lowest BCUT2D eigenvalue weighted by molar-refractivity contribution is -0.119. The van der Waals surface area contributed by atoms with Gasteiger partial charge >= 0.3 is 6.03 Å². The SMILES string of the molecule is CC(=O)NC1CCN(C(=O)NCc2nn(C)c3ccc(C)cc23)C1. The summed E-state index contributed by atoms with van der Waals surface area (Å²) < 4.78 is 1.83. The fourth-order valence-corrected chi connectivity index (χ4v) is 3.20. The number of benzene rings is 1. The molecular weight excluding hydrogens is 306 g/mol. The standard InChI is InChI=1S/C17H23N5O2/c1-11-4-5-16-14(8-11)15(20-21(16)3)9-18-17(24)22-7-6-13(10-22)19-12(2)23/h4-5,8,13H,6-7,9-10H2,1-3H3,(H,18,24)(H,19,23). The molecule has 24 heavy (non-hydrogen) atoms. The molecule has 7 heteroatoms. The lowest BCUT2D eigenvalue weighted by atomic mass is 10.1. The van der Waals surface area contributed by atoms with E-state index in [1.807, 2.05) is 24.7 Å². The zero-order valence-corrected chi connectivity index (χ0v) is 14.3. The van der Waals surface area contributed by atoms with E-state index in [4.69, 9.17) is 0 Å². The number of likely N-dealkylation sites (tertiary alicyclic amines) is 1. The minimum absolute atomic E-state index is 0.0478. The number of urea groups is 1. The summed E-state index contributed by atoms with van der Waals surface area (Å²) in [5, 5.41) is 11.4. The second-order valence-corrected chi connectivity index (χ2v) is 6.38. The molecular formula is C17H23N5O2. The van der Waals surface area contributed by atoms with E-state index in [0.29, 0.717) is 19.6 Å². The molecule has 1 aliphatic rings. The first kappa shape index (κ1) is 16.3. The van der Waals surface area contributed by atoms with Gasteiger partial charge in [0.2, 0.25) is 5.91 Å². The predicted octanol–water partition coefficient (Wildman–Crippen LogP) is 1.30. The first-order chi connectivity index (χ1) is 11.4. The molecule has 1 fully saturated rings. The summed E-state index contributed by atoms with van der Waals surface area (Å²) in [7, 11) is 1.90. The van der Waals surface area contributed by atoms with Gasteiger partial charge in [-0.2, -0.15) is 5.10 Å². The lowest BCUT2D eigenvalue weighted by Crippen LogP contribution is -2.41. The molecule has 7 nitrogen and oxygen atoms in total. The van der Waals surface area contributed by atoms with E-state index < -0.39 is 0 Å². The Morgan fingerprint density at radius 2 is 2.17 bits per heavy atom. The average molecular weight is 329 g/mol. The summed E-state index contributed by atoms with van der Waals surface area (Å²) >= 11 is 0. The molecule has 1 atom stereocenters. The third-order valence-corrected chi connectivity index (χ3v) is 4.37. The van der Waals surface area contributed by atoms with Crippen molar-refractivity contribution in [2.45, 2.75) is 32.9 Å². The second kappa shape index (κ2) is 6.51. The van der Waals surface area contributed by atoms with Gasteiger partial charge in [-0.1, -0.05) is 11.6 Å². The molecule has 0 saturated carbocycles. The Bertz CT molecular complexity index is 783. The molecule has 1 aromatic heterocycles. The van der Waals surface area contributed by atoms with Crippen molar-refractivity contribution < 1.29 is 9.59 Å². The first-order valence-electron chi connectivity index (χ1n) is 8.16. The third-order valence-electron chi connectivity index (χ3n) is 4.37. The third kappa shape index (κ3) is 3.34. The second-order valence-electron chi connectivity index (χ2n) is 6.38. The van der Waals surface area contributed by atoms with Crippen molar-refractivity contribution in [3.05, 3.63) is 29.5 Å². The number of hydrogen-bond acceptors (Lipinski definition) is 3. The number of rotatable bonds is 3. The molecule has 0 aliphatic carbocycles. The molecule has 1 aliphatic heterocycles. The van der Waals surface area contributed by atoms with Gasteiger partial charge in [0.15, 0.2) is 0 Å². The van der Waals surface area contributed by atoms with Crippen LogP contribution in [0.25, 0.3) is 10.9 Å². The molecule has 1 unspecified atom stereocenters. The van der Waals surface area contributed by atoms with Crippen LogP contribution < -0.4 is 10.6 Å². The van der Waals surface area contributed by atoms with E-state index in [1.54, 1.807) is 4.90 Å². The number of carbonyl (C=O) groups excluding carboxylic acids is 2. The minimum atomic E-state index is -0.116. The molecule has 3 rings (SSSR count). The topological polar surface area (TPSA) is 79.3 Å². The van der Waals surface area contributed by atoms with E-state index in [1.165, 1.54) is 12.5 Å². The van der Waals surface area contributed by atoms with Crippen molar-refractivity contribution in [2.75, 3.05) is 13.1 Å². The Morgan fingerprint density at radius 3 is 2.92 bits per heavy atom. The number of hydrogen-bond donors (Lipinski definition) is 2. The van der Waals surface area contributed by atoms with E-state index >= 15 is 0 Å². The number of carbonyl (C=O) groups is 2. The summed E-state index contributed by atoms with van der Waals surface area (Å²) in [5.74, 6) is -0.0578. The molecule has 0 bridgehead atoms. The Kier molecular flexibility index (Phi) is 4.42. The number of nitrogens with one attached hydrogen (secondary N) is 2. The molecule has 2 N–H and O–H groups in total. The number of aromatic nitrogens is 2. The molecule has 1 saturated heterocycles. The lowest BCUT2D eigenvalue weighted by Gasteiger charge is -2.17. The largest absolute Gasteiger partial charge is 0.352 e. The van der Waals surface area contributed by atoms with Gasteiger partial charge in [0, 0.05) is 38.5 Å². The maximum Gasteiger partial charge on any atom is 0.317 e. The van der Waals surface area contributed by atoms with Crippen LogP contribution in [0.1, 0.15) is 24.6 Å². The smallest absolute Gasteiger partial charge is 0.317 e. The van der Waals surface area contributed by atoms with Gasteiger partial charge < -0.3 is 15.5 Å². The van der Waals surface area contributed by atoms with Crippen LogP contribution in [0.3, 0.4) is 0 Å². The molecule has 128 valence electrons. The number of fused-ring (bicyclic) bond motifs is 1. The average Bonchev–Trinajstić information content (AvgIpc) is 3.09. The highest BCUT2D eigenvalue weighted by molar-refractivity contribution is 5.83. The molecule has 0 spiro atoms. The zero-order chi connectivity index (χ0) is 17.3. The Morgan fingerprint density at radius 1 is 1.38 bits per heavy atom. The van der Waals surface area contributed by atoms with E-state index in [-0.39, 0.29) is 18.0 Å². The van der Waals surface area contributed by atoms with Gasteiger partial charge in [0.25, 0.3) is 0 Å². The predicted molar refractivity (Wildman–Crippen MR) is 91.5 cm³/mol. The van der Waals surface area contributed by atoms with E-state index in [0.717, 1.165) is 23.0 Å². The fourth-order valence-electron chi connectivity index (χ4n) is 3.20. The summed E-state index contributed by atoms with van der Waals surface area (Å²) in [6, 6.07) is 6.12. The quantitative estimate of drug-likeness (QED) is 0.891. The van der Waals surface area contributed by atoms with Gasteiger partial charge in [-0.05, 0) is 25.5 Å². The zero-order valence-electron chi connectivity index (χ0n) is 14.3. The highest BCUT2D eigenvalue weighted by Gasteiger charge is 2.26. The highest BCUT2D eigenvalue weighted by atomic mass is 16.2. The summed E-state index contributed by atoms with van der Waals surface area (Å²) in [6.45, 7) is 5.13. The van der Waals surface area contributed by atoms with Gasteiger partial charge in [0.1, 0.15) is 0 Å². The van der Waals surface area contributed by atoms with Gasteiger partial charge in [-0.25, -0.2) is 4.79 Å². The van der Waals surface area contributed by atoms with Crippen LogP contribution in [-0.2, 0) is 18.4 Å². The van der Waals surface area contributed by atoms with Crippen LogP contribution in [0.4, 0.5) is 4.79 Å². The van der Waals surface area contributed by atoms with Crippen molar-refractivity contribution in [3.63, 3.8) is 0 Å². The molecule has 0 radical (unpaired) electrons. The maximum absolute atomic E-state index is 12.3. The molecule has 3 amide bonds. The van der Waals surface area contributed by atoms with Crippen LogP contribution in [0.2, 0.25) is 0 Å². The van der Waals surface area contributed by atoms with Crippen molar-refractivity contribution >= 4 is 22.8 Å². The maximum atomic E-state index is 12.3. The van der Waals surface area contributed by atoms with Crippen molar-refractivity contribution in [1.29, 1.82) is 0 Å². The van der Waals surface area contributed by atoms with E-state index in [9.17, 15) is 9.59 Å². The fraction of sp³-hybridized carbons (Fsp3) is 0.471. The summed E-state index contributed by atoms with van der Waals surface area (Å²) in [4.78, 5) is 25.2. The van der Waals surface area contributed by atoms with Crippen molar-refractivity contribution in [3.8, 4) is 0 Å². The summed E-state index contributed by atoms with van der Waals surface area (Å²) in [5.41, 5.74) is 3.08. The highest BCUT2D eigenvalue weighted by Crippen LogP contribution is 2.19. The van der Waals surface area contributed by atoms with Crippen LogP contribution in [0.15, 0.2) is 18.2 Å². The van der Waals surface area contributed by atoms with Gasteiger partial charge in [-0.3, -0.25) is 9.48 Å². The summed E-state index contributed by atoms with van der Waals surface area (Å²) in [6.07, 6.45) is 0.790. The van der Waals surface area contributed by atoms with Gasteiger partial charge in [-0.15, -0.1) is 0 Å². The first-order valence-corrected chi connectivity index (χ1v) is 8.16. The molecule has 2 heterocycles.